The van der Waals surface area contributed by atoms with Gasteiger partial charge in [-0.05, 0) is 31.5 Å². The van der Waals surface area contributed by atoms with Gasteiger partial charge in [-0.1, -0.05) is 41.5 Å². The van der Waals surface area contributed by atoms with Crippen molar-refractivity contribution in [3.63, 3.8) is 0 Å². The number of para-hydroxylation sites is 2. The quantitative estimate of drug-likeness (QED) is 0.825. The van der Waals surface area contributed by atoms with Crippen molar-refractivity contribution in [2.75, 3.05) is 11.9 Å². The van der Waals surface area contributed by atoms with Crippen LogP contribution in [0.2, 0.25) is 0 Å². The molecule has 0 atom stereocenters. The molecular weight excluding hydrogens is 276 g/mol. The van der Waals surface area contributed by atoms with Crippen molar-refractivity contribution >= 4 is 11.6 Å². The molecule has 0 aliphatic rings. The summed E-state index contributed by atoms with van der Waals surface area (Å²) in [5, 5.41) is 3.38. The monoisotopic (exact) mass is 298 g/mol. The largest absolute Gasteiger partial charge is 0.491 e. The van der Waals surface area contributed by atoms with Crippen molar-refractivity contribution in [3.05, 3.63) is 59.2 Å². The Balaban J connectivity index is 2.01. The fourth-order valence-electron chi connectivity index (χ4n) is 2.37. The van der Waals surface area contributed by atoms with Gasteiger partial charge in [-0.15, -0.1) is 0 Å². The Morgan fingerprint density at radius 1 is 1.14 bits per heavy atom. The first-order valence-corrected chi connectivity index (χ1v) is 7.36. The lowest BCUT2D eigenvalue weighted by molar-refractivity contribution is -0.118. The van der Waals surface area contributed by atoms with E-state index in [1.807, 2.05) is 24.3 Å². The van der Waals surface area contributed by atoms with Gasteiger partial charge in [0.05, 0.1) is 18.7 Å². The molecule has 0 saturated carbocycles. The molecule has 0 unspecified atom stereocenters. The molecule has 4 nitrogen and oxygen atoms in total. The van der Waals surface area contributed by atoms with Crippen molar-refractivity contribution in [1.29, 1.82) is 0 Å². The molecule has 2 aromatic rings. The smallest absolute Gasteiger partial charge is 0.220 e. The number of rotatable bonds is 7. The van der Waals surface area contributed by atoms with Gasteiger partial charge in [-0.25, -0.2) is 0 Å². The maximum absolute atomic E-state index is 10.8. The van der Waals surface area contributed by atoms with Crippen molar-refractivity contribution in [3.8, 4) is 5.75 Å². The lowest BCUT2D eigenvalue weighted by atomic mass is 10.1. The van der Waals surface area contributed by atoms with Crippen LogP contribution >= 0.6 is 0 Å². The van der Waals surface area contributed by atoms with E-state index < -0.39 is 0 Å². The fraction of sp³-hybridized carbons (Fsp3) is 0.278. The zero-order chi connectivity index (χ0) is 15.9. The molecule has 0 fully saturated rings. The molecule has 2 aromatic carbocycles. The molecular formula is C18H22N2O2. The fourth-order valence-corrected chi connectivity index (χ4v) is 2.37. The zero-order valence-corrected chi connectivity index (χ0v) is 13.1. The van der Waals surface area contributed by atoms with E-state index in [-0.39, 0.29) is 18.9 Å². The van der Waals surface area contributed by atoms with Crippen molar-refractivity contribution in [2.45, 2.75) is 26.8 Å². The van der Waals surface area contributed by atoms with Gasteiger partial charge < -0.3 is 15.8 Å². The molecule has 0 heterocycles. The number of anilines is 1. The van der Waals surface area contributed by atoms with E-state index in [0.29, 0.717) is 0 Å². The number of hydrogen-bond acceptors (Lipinski definition) is 3. The number of benzene rings is 2. The number of aryl methyl sites for hydroxylation is 2. The molecule has 116 valence electrons. The van der Waals surface area contributed by atoms with Crippen LogP contribution in [0, 0.1) is 13.8 Å². The number of carbonyl (C=O) groups excluding carboxylic acids is 1. The molecule has 0 aromatic heterocycles. The Hall–Kier alpha value is -2.49. The predicted octanol–water partition coefficient (Wildman–Crippen LogP) is 3.17. The van der Waals surface area contributed by atoms with Crippen LogP contribution in [0.3, 0.4) is 0 Å². The lowest BCUT2D eigenvalue weighted by Crippen LogP contribution is -2.15. The summed E-state index contributed by atoms with van der Waals surface area (Å²) in [6.45, 7) is 5.20. The van der Waals surface area contributed by atoms with Gasteiger partial charge in [0.1, 0.15) is 5.75 Å². The highest BCUT2D eigenvalue weighted by molar-refractivity contribution is 5.73. The minimum Gasteiger partial charge on any atom is -0.491 e. The standard InChI is InChI=1S/C18H22N2O2/c1-13-9-14(2)11-15(10-13)12-20-16-5-3-4-6-17(16)22-8-7-18(19)21/h3-6,9-11,20H,7-8,12H2,1-2H3,(H2,19,21). The van der Waals surface area contributed by atoms with Gasteiger partial charge in [0.15, 0.2) is 0 Å². The van der Waals surface area contributed by atoms with Crippen LogP contribution < -0.4 is 15.8 Å². The number of amides is 1. The molecule has 2 rings (SSSR count). The third-order valence-corrected chi connectivity index (χ3v) is 3.26. The molecule has 0 spiro atoms. The number of nitrogens with one attached hydrogen (secondary N) is 1. The Morgan fingerprint density at radius 3 is 2.50 bits per heavy atom. The van der Waals surface area contributed by atoms with E-state index >= 15 is 0 Å². The van der Waals surface area contributed by atoms with E-state index in [1.54, 1.807) is 0 Å². The van der Waals surface area contributed by atoms with Crippen LogP contribution in [0.15, 0.2) is 42.5 Å². The number of primary amides is 1. The second-order valence-electron chi connectivity index (χ2n) is 5.41. The summed E-state index contributed by atoms with van der Waals surface area (Å²) in [7, 11) is 0. The molecule has 1 amide bonds. The molecule has 0 saturated heterocycles. The van der Waals surface area contributed by atoms with E-state index in [1.165, 1.54) is 16.7 Å². The van der Waals surface area contributed by atoms with Gasteiger partial charge in [0.2, 0.25) is 5.91 Å². The van der Waals surface area contributed by atoms with Gasteiger partial charge in [-0.3, -0.25) is 4.79 Å². The maximum Gasteiger partial charge on any atom is 0.220 e. The van der Waals surface area contributed by atoms with Gasteiger partial charge >= 0.3 is 0 Å². The average Bonchev–Trinajstić information content (AvgIpc) is 2.45. The molecule has 22 heavy (non-hydrogen) atoms. The second kappa shape index (κ2) is 7.50. The van der Waals surface area contributed by atoms with Crippen molar-refractivity contribution in [2.24, 2.45) is 5.73 Å². The van der Waals surface area contributed by atoms with Gasteiger partial charge in [0, 0.05) is 6.54 Å². The summed E-state index contributed by atoms with van der Waals surface area (Å²) in [6.07, 6.45) is 0.214. The zero-order valence-electron chi connectivity index (χ0n) is 13.1. The third kappa shape index (κ3) is 4.81. The first-order chi connectivity index (χ1) is 10.5. The topological polar surface area (TPSA) is 64.3 Å². The number of carbonyl (C=O) groups is 1. The molecule has 0 bridgehead atoms. The summed E-state index contributed by atoms with van der Waals surface area (Å²) < 4.78 is 5.62. The lowest BCUT2D eigenvalue weighted by Gasteiger charge is -2.13. The SMILES string of the molecule is Cc1cc(C)cc(CNc2ccccc2OCCC(N)=O)c1. The predicted molar refractivity (Wildman–Crippen MR) is 89.0 cm³/mol. The Morgan fingerprint density at radius 2 is 1.82 bits per heavy atom. The average molecular weight is 298 g/mol. The van der Waals surface area contributed by atoms with Crippen LogP contribution in [-0.4, -0.2) is 12.5 Å². The highest BCUT2D eigenvalue weighted by Gasteiger charge is 2.04. The number of hydrogen-bond donors (Lipinski definition) is 2. The van der Waals surface area contributed by atoms with E-state index in [0.717, 1.165) is 18.0 Å². The maximum atomic E-state index is 10.8. The van der Waals surface area contributed by atoms with Gasteiger partial charge in [-0.2, -0.15) is 0 Å². The minimum absolute atomic E-state index is 0.214. The van der Waals surface area contributed by atoms with E-state index in [4.69, 9.17) is 10.5 Å². The number of nitrogens with two attached hydrogens (primary N) is 1. The third-order valence-electron chi connectivity index (χ3n) is 3.26. The highest BCUT2D eigenvalue weighted by atomic mass is 16.5. The normalized spacial score (nSPS) is 10.3. The van der Waals surface area contributed by atoms with E-state index in [9.17, 15) is 4.79 Å². The van der Waals surface area contributed by atoms with Gasteiger partial charge in [0.25, 0.3) is 0 Å². The first kappa shape index (κ1) is 15.9. The summed E-state index contributed by atoms with van der Waals surface area (Å²) in [5.41, 5.74) is 9.76. The van der Waals surface area contributed by atoms with Crippen molar-refractivity contribution in [1.82, 2.24) is 0 Å². The Labute approximate surface area is 131 Å². The summed E-state index contributed by atoms with van der Waals surface area (Å²) >= 11 is 0. The summed E-state index contributed by atoms with van der Waals surface area (Å²) in [4.78, 5) is 10.8. The van der Waals surface area contributed by atoms with Crippen LogP contribution in [0.1, 0.15) is 23.1 Å². The first-order valence-electron chi connectivity index (χ1n) is 7.36. The minimum atomic E-state index is -0.360. The van der Waals surface area contributed by atoms with Crippen LogP contribution in [-0.2, 0) is 11.3 Å². The number of ether oxygens (including phenoxy) is 1. The Bertz CT molecular complexity index is 633. The molecule has 4 heteroatoms. The summed E-state index contributed by atoms with van der Waals surface area (Å²) in [6, 6.07) is 14.2. The molecule has 0 aliphatic heterocycles. The highest BCUT2D eigenvalue weighted by Crippen LogP contribution is 2.24. The second-order valence-corrected chi connectivity index (χ2v) is 5.41. The van der Waals surface area contributed by atoms with Crippen LogP contribution in [0.5, 0.6) is 5.75 Å². The van der Waals surface area contributed by atoms with Crippen molar-refractivity contribution < 1.29 is 9.53 Å². The van der Waals surface area contributed by atoms with Crippen LogP contribution in [0.4, 0.5) is 5.69 Å². The molecule has 0 radical (unpaired) electrons. The van der Waals surface area contributed by atoms with Crippen LogP contribution in [0.25, 0.3) is 0 Å². The Kier molecular flexibility index (Phi) is 5.42. The molecule has 0 aliphatic carbocycles. The van der Waals surface area contributed by atoms with E-state index in [2.05, 4.69) is 37.4 Å². The summed E-state index contributed by atoms with van der Waals surface area (Å²) in [5.74, 6) is 0.369. The molecule has 3 N–H and O–H groups in total.